The van der Waals surface area contributed by atoms with Gasteiger partial charge in [-0.1, -0.05) is 13.8 Å². The van der Waals surface area contributed by atoms with Crippen molar-refractivity contribution in [2.45, 2.75) is 19.1 Å². The Labute approximate surface area is 115 Å². The number of nitrogens with zero attached hydrogens (tertiary/aromatic N) is 4. The summed E-state index contributed by atoms with van der Waals surface area (Å²) >= 11 is 1.95. The number of thioether (sulfide) groups is 1. The van der Waals surface area contributed by atoms with Crippen molar-refractivity contribution in [1.82, 2.24) is 9.97 Å². The second-order valence-electron chi connectivity index (χ2n) is 4.80. The molecule has 0 bridgehead atoms. The number of aromatic nitrogens is 2. The molecule has 1 aliphatic heterocycles. The molecule has 104 valence electrons. The van der Waals surface area contributed by atoms with E-state index in [2.05, 4.69) is 23.8 Å². The second kappa shape index (κ2) is 5.60. The second-order valence-corrected chi connectivity index (χ2v) is 6.14. The van der Waals surface area contributed by atoms with E-state index >= 15 is 0 Å². The predicted molar refractivity (Wildman–Crippen MR) is 76.4 cm³/mol. The number of nitrogen functional groups attached to an aromatic ring is 1. The number of rotatable bonds is 3. The summed E-state index contributed by atoms with van der Waals surface area (Å²) < 4.78 is 0. The number of nitrogens with two attached hydrogens (primary N) is 1. The highest BCUT2D eigenvalue weighted by molar-refractivity contribution is 8.00. The third kappa shape index (κ3) is 3.06. The zero-order chi connectivity index (χ0) is 14.0. The van der Waals surface area contributed by atoms with E-state index in [4.69, 9.17) is 5.73 Å². The molecule has 8 heteroatoms. The van der Waals surface area contributed by atoms with Gasteiger partial charge in [-0.05, 0) is 5.92 Å². The zero-order valence-electron chi connectivity index (χ0n) is 10.9. The van der Waals surface area contributed by atoms with Crippen LogP contribution in [0.25, 0.3) is 0 Å². The molecule has 2 rings (SSSR count). The molecule has 2 N–H and O–H groups in total. The maximum atomic E-state index is 10.7. The average Bonchev–Trinajstić information content (AvgIpc) is 2.38. The van der Waals surface area contributed by atoms with Crippen LogP contribution in [0.1, 0.15) is 13.8 Å². The molecule has 1 saturated heterocycles. The molecule has 1 aromatic heterocycles. The smallest absolute Gasteiger partial charge is 0.329 e. The first-order chi connectivity index (χ1) is 8.99. The summed E-state index contributed by atoms with van der Waals surface area (Å²) in [7, 11) is 0. The topological polar surface area (TPSA) is 98.2 Å². The summed E-state index contributed by atoms with van der Waals surface area (Å²) in [5, 5.41) is 11.2. The first-order valence-corrected chi connectivity index (χ1v) is 7.17. The van der Waals surface area contributed by atoms with Crippen molar-refractivity contribution in [2.24, 2.45) is 5.92 Å². The van der Waals surface area contributed by atoms with E-state index in [1.807, 2.05) is 16.7 Å². The van der Waals surface area contributed by atoms with E-state index < -0.39 is 4.92 Å². The molecule has 2 heterocycles. The minimum atomic E-state index is -0.567. The van der Waals surface area contributed by atoms with Crippen LogP contribution in [0.15, 0.2) is 6.20 Å². The van der Waals surface area contributed by atoms with Crippen molar-refractivity contribution in [1.29, 1.82) is 0 Å². The van der Waals surface area contributed by atoms with E-state index in [0.29, 0.717) is 17.1 Å². The van der Waals surface area contributed by atoms with Crippen LogP contribution in [-0.2, 0) is 0 Å². The molecule has 19 heavy (non-hydrogen) atoms. The highest BCUT2D eigenvalue weighted by atomic mass is 32.2. The zero-order valence-corrected chi connectivity index (χ0v) is 11.8. The molecule has 0 aliphatic carbocycles. The maximum absolute atomic E-state index is 10.7. The summed E-state index contributed by atoms with van der Waals surface area (Å²) in [5.41, 5.74) is 5.36. The summed E-state index contributed by atoms with van der Waals surface area (Å²) in [5.74, 6) is 1.98. The van der Waals surface area contributed by atoms with E-state index in [1.54, 1.807) is 0 Å². The molecule has 0 unspecified atom stereocenters. The molecule has 1 aromatic rings. The van der Waals surface area contributed by atoms with Crippen molar-refractivity contribution in [2.75, 3.05) is 29.5 Å². The van der Waals surface area contributed by atoms with Crippen LogP contribution in [0.4, 0.5) is 17.5 Å². The van der Waals surface area contributed by atoms with Crippen molar-refractivity contribution < 1.29 is 4.92 Å². The molecule has 0 aromatic carbocycles. The van der Waals surface area contributed by atoms with Crippen molar-refractivity contribution in [3.63, 3.8) is 0 Å². The van der Waals surface area contributed by atoms with Crippen molar-refractivity contribution in [3.8, 4) is 0 Å². The largest absolute Gasteiger partial charge is 0.378 e. The first kappa shape index (κ1) is 13.9. The van der Waals surface area contributed by atoms with Crippen molar-refractivity contribution >= 4 is 29.2 Å². The van der Waals surface area contributed by atoms with Crippen molar-refractivity contribution in [3.05, 3.63) is 16.3 Å². The lowest BCUT2D eigenvalue weighted by atomic mass is 10.1. The van der Waals surface area contributed by atoms with E-state index in [-0.39, 0.29) is 11.5 Å². The molecule has 1 fully saturated rings. The fourth-order valence-corrected chi connectivity index (χ4v) is 3.23. The van der Waals surface area contributed by atoms with Gasteiger partial charge in [0.05, 0.1) is 4.92 Å². The number of hydrogen-bond donors (Lipinski definition) is 1. The Balaban J connectivity index is 2.18. The molecular weight excluding hydrogens is 266 g/mol. The molecule has 1 atom stereocenters. The highest BCUT2D eigenvalue weighted by Crippen LogP contribution is 2.28. The normalized spacial score (nSPS) is 19.7. The van der Waals surface area contributed by atoms with E-state index in [0.717, 1.165) is 18.8 Å². The van der Waals surface area contributed by atoms with Gasteiger partial charge in [0.15, 0.2) is 0 Å². The molecule has 0 radical (unpaired) electrons. The lowest BCUT2D eigenvalue weighted by Gasteiger charge is -2.34. The maximum Gasteiger partial charge on any atom is 0.329 e. The first-order valence-electron chi connectivity index (χ1n) is 6.12. The number of hydrogen-bond acceptors (Lipinski definition) is 7. The van der Waals surface area contributed by atoms with Crippen LogP contribution >= 0.6 is 11.8 Å². The van der Waals surface area contributed by atoms with Gasteiger partial charge in [-0.15, -0.1) is 0 Å². The Morgan fingerprint density at radius 1 is 1.63 bits per heavy atom. The van der Waals surface area contributed by atoms with Crippen LogP contribution in [0.5, 0.6) is 0 Å². The lowest BCUT2D eigenvalue weighted by Crippen LogP contribution is -2.41. The third-order valence-corrected chi connectivity index (χ3v) is 4.64. The van der Waals surface area contributed by atoms with Gasteiger partial charge in [-0.3, -0.25) is 10.1 Å². The summed E-state index contributed by atoms with van der Waals surface area (Å²) in [6.45, 7) is 6.06. The SMILES string of the molecule is CC(C)[C@@H]1CN(c2ncc([N+](=O)[O-])c(N)n2)CCS1. The fraction of sp³-hybridized carbons (Fsp3) is 0.636. The number of nitro groups is 1. The lowest BCUT2D eigenvalue weighted by molar-refractivity contribution is -0.384. The predicted octanol–water partition coefficient (Wildman–Crippen LogP) is 1.54. The van der Waals surface area contributed by atoms with Gasteiger partial charge in [0.25, 0.3) is 0 Å². The molecule has 7 nitrogen and oxygen atoms in total. The average molecular weight is 283 g/mol. The van der Waals surface area contributed by atoms with Crippen LogP contribution in [0.3, 0.4) is 0 Å². The Bertz CT molecular complexity index is 482. The van der Waals surface area contributed by atoms with Gasteiger partial charge in [0.1, 0.15) is 6.20 Å². The summed E-state index contributed by atoms with van der Waals surface area (Å²) in [4.78, 5) is 20.3. The van der Waals surface area contributed by atoms with Gasteiger partial charge in [0.2, 0.25) is 11.8 Å². The minimum Gasteiger partial charge on any atom is -0.378 e. The standard InChI is InChI=1S/C11H17N5O2S/c1-7(2)9-6-15(3-4-19-9)11-13-5-8(16(17)18)10(12)14-11/h5,7,9H,3-4,6H2,1-2H3,(H2,12,13,14)/t9-/m0/s1. The van der Waals surface area contributed by atoms with Crippen LogP contribution in [-0.4, -0.2) is 39.0 Å². The summed E-state index contributed by atoms with van der Waals surface area (Å²) in [6.07, 6.45) is 1.18. The minimum absolute atomic E-state index is 0.0747. The third-order valence-electron chi connectivity index (χ3n) is 3.10. The molecule has 1 aliphatic rings. The molecule has 0 amide bonds. The van der Waals surface area contributed by atoms with Gasteiger partial charge in [0, 0.05) is 24.1 Å². The molecular formula is C11H17N5O2S. The van der Waals surface area contributed by atoms with E-state index in [9.17, 15) is 10.1 Å². The Morgan fingerprint density at radius 3 is 2.95 bits per heavy atom. The Kier molecular flexibility index (Phi) is 4.08. The number of anilines is 2. The highest BCUT2D eigenvalue weighted by Gasteiger charge is 2.25. The Hall–Kier alpha value is -1.57. The van der Waals surface area contributed by atoms with Crippen LogP contribution in [0.2, 0.25) is 0 Å². The monoisotopic (exact) mass is 283 g/mol. The molecule has 0 saturated carbocycles. The fourth-order valence-electron chi connectivity index (χ4n) is 1.93. The van der Waals surface area contributed by atoms with Gasteiger partial charge >= 0.3 is 5.69 Å². The summed E-state index contributed by atoms with van der Waals surface area (Å²) in [6, 6.07) is 0. The van der Waals surface area contributed by atoms with Gasteiger partial charge < -0.3 is 10.6 Å². The molecule has 0 spiro atoms. The van der Waals surface area contributed by atoms with E-state index in [1.165, 1.54) is 6.20 Å². The van der Waals surface area contributed by atoms with Gasteiger partial charge in [-0.2, -0.15) is 16.7 Å². The van der Waals surface area contributed by atoms with Gasteiger partial charge in [-0.25, -0.2) is 4.98 Å². The quantitative estimate of drug-likeness (QED) is 0.663. The van der Waals surface area contributed by atoms with Crippen LogP contribution < -0.4 is 10.6 Å². The van der Waals surface area contributed by atoms with Crippen LogP contribution in [0, 0.1) is 16.0 Å². The Morgan fingerprint density at radius 2 is 2.37 bits per heavy atom.